The Balaban J connectivity index is 2.11. The Hall–Kier alpha value is -4.41. The lowest BCUT2D eigenvalue weighted by atomic mass is 10.0. The van der Waals surface area contributed by atoms with Gasteiger partial charge in [-0.05, 0) is 62.7 Å². The highest BCUT2D eigenvalue weighted by Gasteiger charge is 2.27. The number of esters is 2. The summed E-state index contributed by atoms with van der Waals surface area (Å²) in [6, 6.07) is 11.0. The summed E-state index contributed by atoms with van der Waals surface area (Å²) in [5.74, 6) is -1.92. The van der Waals surface area contributed by atoms with E-state index in [0.29, 0.717) is 11.3 Å². The molecule has 0 saturated heterocycles. The van der Waals surface area contributed by atoms with Crippen molar-refractivity contribution in [1.82, 2.24) is 5.32 Å². The number of alkyl carbamates (subject to hydrolysis) is 1. The van der Waals surface area contributed by atoms with Gasteiger partial charge in [-0.25, -0.2) is 19.2 Å². The van der Waals surface area contributed by atoms with Crippen LogP contribution >= 0.6 is 0 Å². The number of benzene rings is 2. The third-order valence-electron chi connectivity index (χ3n) is 4.75. The third kappa shape index (κ3) is 9.63. The molecule has 0 saturated carbocycles. The topological polar surface area (TPSA) is 146 Å². The average Bonchev–Trinajstić information content (AvgIpc) is 2.85. The Morgan fingerprint density at radius 1 is 0.865 bits per heavy atom. The molecule has 0 aromatic heterocycles. The van der Waals surface area contributed by atoms with E-state index in [-0.39, 0.29) is 17.5 Å². The highest BCUT2D eigenvalue weighted by molar-refractivity contribution is 5.99. The van der Waals surface area contributed by atoms with Gasteiger partial charge in [0, 0.05) is 17.7 Å². The molecule has 37 heavy (non-hydrogen) atoms. The Labute approximate surface area is 214 Å². The maximum Gasteiger partial charge on any atom is 0.411 e. The van der Waals surface area contributed by atoms with Crippen LogP contribution in [0.4, 0.5) is 15.3 Å². The van der Waals surface area contributed by atoms with Crippen molar-refractivity contribution >= 4 is 35.6 Å². The van der Waals surface area contributed by atoms with E-state index in [1.165, 1.54) is 44.6 Å². The molecular weight excluding hydrogens is 484 g/mol. The molecule has 2 N–H and O–H groups in total. The van der Waals surface area contributed by atoms with Crippen molar-refractivity contribution in [1.29, 1.82) is 0 Å². The molecule has 0 fully saturated rings. The van der Waals surface area contributed by atoms with Gasteiger partial charge in [0.15, 0.2) is 12.4 Å². The monoisotopic (exact) mass is 514 g/mol. The molecule has 11 nitrogen and oxygen atoms in total. The van der Waals surface area contributed by atoms with Gasteiger partial charge in [-0.2, -0.15) is 0 Å². The number of methoxy groups -OCH3 is 2. The van der Waals surface area contributed by atoms with Crippen molar-refractivity contribution in [3.8, 4) is 0 Å². The Morgan fingerprint density at radius 2 is 1.54 bits per heavy atom. The molecule has 11 heteroatoms. The van der Waals surface area contributed by atoms with Crippen LogP contribution in [0.25, 0.3) is 0 Å². The third-order valence-corrected chi connectivity index (χ3v) is 4.75. The van der Waals surface area contributed by atoms with E-state index in [1.54, 1.807) is 39.0 Å². The van der Waals surface area contributed by atoms with Crippen LogP contribution in [0.2, 0.25) is 0 Å². The van der Waals surface area contributed by atoms with Gasteiger partial charge in [-0.3, -0.25) is 10.1 Å². The summed E-state index contributed by atoms with van der Waals surface area (Å²) in [5, 5.41) is 4.92. The van der Waals surface area contributed by atoms with E-state index in [4.69, 9.17) is 14.2 Å². The normalized spacial score (nSPS) is 11.5. The summed E-state index contributed by atoms with van der Waals surface area (Å²) >= 11 is 0. The van der Waals surface area contributed by atoms with Crippen molar-refractivity contribution in [3.05, 3.63) is 65.2 Å². The standard InChI is InChI=1S/C26H30N2O9/c1-26(2,3)37-25(33)28-20(14-16-7-6-8-18(13-16)22(30)34-4)23(31)36-15-21(29)17-9-11-19(12-10-17)27-24(32)35-5/h6-13,20H,14-15H2,1-5H3,(H,27,32)(H,28,33)/t20-/m0/s1. The van der Waals surface area contributed by atoms with Gasteiger partial charge in [0.05, 0.1) is 19.8 Å². The molecule has 0 spiro atoms. The lowest BCUT2D eigenvalue weighted by Gasteiger charge is -2.23. The fourth-order valence-electron chi connectivity index (χ4n) is 3.05. The summed E-state index contributed by atoms with van der Waals surface area (Å²) in [6.07, 6.45) is -1.54. The lowest BCUT2D eigenvalue weighted by molar-refractivity contribution is -0.145. The van der Waals surface area contributed by atoms with Crippen LogP contribution in [0.5, 0.6) is 0 Å². The zero-order valence-electron chi connectivity index (χ0n) is 21.3. The smallest absolute Gasteiger partial charge is 0.411 e. The number of carbonyl (C=O) groups is 5. The van der Waals surface area contributed by atoms with Gasteiger partial charge < -0.3 is 24.3 Å². The minimum absolute atomic E-state index is 0.0367. The maximum atomic E-state index is 12.9. The molecule has 0 bridgehead atoms. The molecule has 0 aliphatic carbocycles. The SMILES string of the molecule is COC(=O)Nc1ccc(C(=O)COC(=O)[C@H](Cc2cccc(C(=O)OC)c2)NC(=O)OC(C)(C)C)cc1. The number of ketones is 1. The van der Waals surface area contributed by atoms with Crippen molar-refractivity contribution in [2.45, 2.75) is 38.8 Å². The minimum Gasteiger partial charge on any atom is -0.465 e. The zero-order chi connectivity index (χ0) is 27.6. The van der Waals surface area contributed by atoms with Crippen LogP contribution in [-0.2, 0) is 30.2 Å². The number of carbonyl (C=O) groups excluding carboxylic acids is 5. The van der Waals surface area contributed by atoms with Crippen LogP contribution in [-0.4, -0.2) is 62.4 Å². The fourth-order valence-corrected chi connectivity index (χ4v) is 3.05. The number of hydrogen-bond donors (Lipinski definition) is 2. The van der Waals surface area contributed by atoms with Gasteiger partial charge in [-0.15, -0.1) is 0 Å². The molecule has 0 radical (unpaired) electrons. The quantitative estimate of drug-likeness (QED) is 0.291. The first-order chi connectivity index (χ1) is 17.4. The number of Topliss-reactive ketones (excluding diaryl/α,β-unsaturated/α-hetero) is 1. The predicted octanol–water partition coefficient (Wildman–Crippen LogP) is 3.51. The van der Waals surface area contributed by atoms with Gasteiger partial charge >= 0.3 is 24.1 Å². The zero-order valence-corrected chi connectivity index (χ0v) is 21.3. The maximum absolute atomic E-state index is 12.9. The van der Waals surface area contributed by atoms with Crippen LogP contribution in [0, 0.1) is 0 Å². The number of hydrogen-bond acceptors (Lipinski definition) is 9. The first-order valence-corrected chi connectivity index (χ1v) is 11.2. The van der Waals surface area contributed by atoms with E-state index in [0.717, 1.165) is 0 Å². The van der Waals surface area contributed by atoms with Crippen molar-refractivity contribution in [2.75, 3.05) is 26.1 Å². The van der Waals surface area contributed by atoms with E-state index in [2.05, 4.69) is 15.4 Å². The largest absolute Gasteiger partial charge is 0.465 e. The first kappa shape index (κ1) is 28.8. The molecule has 2 aromatic carbocycles. The van der Waals surface area contributed by atoms with Crippen molar-refractivity contribution < 1.29 is 42.9 Å². The van der Waals surface area contributed by atoms with E-state index >= 15 is 0 Å². The van der Waals surface area contributed by atoms with Gasteiger partial charge in [0.2, 0.25) is 0 Å². The fraction of sp³-hybridized carbons (Fsp3) is 0.346. The first-order valence-electron chi connectivity index (χ1n) is 11.2. The second-order valence-electron chi connectivity index (χ2n) is 8.82. The number of anilines is 1. The summed E-state index contributed by atoms with van der Waals surface area (Å²) in [4.78, 5) is 60.9. The molecule has 0 heterocycles. The molecule has 2 aromatic rings. The molecule has 198 valence electrons. The highest BCUT2D eigenvalue weighted by Crippen LogP contribution is 2.13. The summed E-state index contributed by atoms with van der Waals surface area (Å²) in [7, 11) is 2.47. The molecule has 0 unspecified atom stereocenters. The Kier molecular flexibility index (Phi) is 10.2. The summed E-state index contributed by atoms with van der Waals surface area (Å²) < 4.78 is 19.7. The molecular formula is C26H30N2O9. The van der Waals surface area contributed by atoms with Crippen LogP contribution in [0.15, 0.2) is 48.5 Å². The second-order valence-corrected chi connectivity index (χ2v) is 8.82. The minimum atomic E-state index is -1.21. The Morgan fingerprint density at radius 3 is 2.14 bits per heavy atom. The lowest BCUT2D eigenvalue weighted by Crippen LogP contribution is -2.45. The van der Waals surface area contributed by atoms with Gasteiger partial charge in [-0.1, -0.05) is 12.1 Å². The predicted molar refractivity (Wildman–Crippen MR) is 132 cm³/mol. The van der Waals surface area contributed by atoms with E-state index in [1.807, 2.05) is 0 Å². The summed E-state index contributed by atoms with van der Waals surface area (Å²) in [5.41, 5.74) is 0.654. The van der Waals surface area contributed by atoms with Crippen molar-refractivity contribution in [2.24, 2.45) is 0 Å². The molecule has 2 rings (SSSR count). The molecule has 0 aliphatic heterocycles. The number of ether oxygens (including phenoxy) is 4. The van der Waals surface area contributed by atoms with Crippen molar-refractivity contribution in [3.63, 3.8) is 0 Å². The molecule has 2 amide bonds. The molecule has 1 atom stereocenters. The van der Waals surface area contributed by atoms with Crippen LogP contribution in [0.3, 0.4) is 0 Å². The summed E-state index contributed by atoms with van der Waals surface area (Å²) in [6.45, 7) is 4.43. The number of rotatable bonds is 9. The van der Waals surface area contributed by atoms with Crippen LogP contribution < -0.4 is 10.6 Å². The average molecular weight is 515 g/mol. The Bertz CT molecular complexity index is 1140. The highest BCUT2D eigenvalue weighted by atomic mass is 16.6. The van der Waals surface area contributed by atoms with Crippen LogP contribution in [0.1, 0.15) is 47.1 Å². The number of nitrogens with one attached hydrogen (secondary N) is 2. The second kappa shape index (κ2) is 13.1. The van der Waals surface area contributed by atoms with E-state index in [9.17, 15) is 24.0 Å². The number of amides is 2. The molecule has 0 aliphatic rings. The van der Waals surface area contributed by atoms with Gasteiger partial charge in [0.25, 0.3) is 0 Å². The van der Waals surface area contributed by atoms with Gasteiger partial charge in [0.1, 0.15) is 11.6 Å². The van der Waals surface area contributed by atoms with E-state index < -0.39 is 48.2 Å².